The lowest BCUT2D eigenvalue weighted by atomic mass is 10.0. The van der Waals surface area contributed by atoms with Gasteiger partial charge in [-0.1, -0.05) is 71.2 Å². The molecule has 0 bridgehead atoms. The average molecular weight is 521 g/mol. The largest absolute Gasteiger partial charge is 0.479 e. The van der Waals surface area contributed by atoms with Gasteiger partial charge in [-0.05, 0) is 61.0 Å². The van der Waals surface area contributed by atoms with Crippen molar-refractivity contribution >= 4 is 52.1 Å². The van der Waals surface area contributed by atoms with Gasteiger partial charge < -0.3 is 9.47 Å². The van der Waals surface area contributed by atoms with Gasteiger partial charge >= 0.3 is 5.97 Å². The molecule has 1 unspecified atom stereocenters. The Morgan fingerprint density at radius 2 is 1.72 bits per heavy atom. The van der Waals surface area contributed by atoms with Crippen molar-refractivity contribution in [2.24, 2.45) is 5.10 Å². The first kappa shape index (κ1) is 25.2. The number of hydrogen-bond donors (Lipinski definition) is 1. The zero-order valence-electron chi connectivity index (χ0n) is 19.5. The number of ether oxygens (including phenoxy) is 2. The van der Waals surface area contributed by atoms with Crippen LogP contribution in [-0.2, 0) is 4.79 Å². The minimum atomic E-state index is -0.882. The van der Waals surface area contributed by atoms with Crippen molar-refractivity contribution in [1.82, 2.24) is 5.43 Å². The Kier molecular flexibility index (Phi) is 7.88. The van der Waals surface area contributed by atoms with E-state index in [-0.39, 0.29) is 0 Å². The Balaban J connectivity index is 1.54. The first-order chi connectivity index (χ1) is 17.3. The molecule has 6 nitrogen and oxygen atoms in total. The van der Waals surface area contributed by atoms with Crippen molar-refractivity contribution in [3.63, 3.8) is 0 Å². The molecule has 0 aliphatic rings. The first-order valence-corrected chi connectivity index (χ1v) is 11.8. The highest BCUT2D eigenvalue weighted by Gasteiger charge is 2.17. The van der Waals surface area contributed by atoms with Crippen molar-refractivity contribution in [3.05, 3.63) is 106 Å². The second-order valence-electron chi connectivity index (χ2n) is 8.03. The Hall–Kier alpha value is -3.87. The summed E-state index contributed by atoms with van der Waals surface area (Å²) in [6, 6.07) is 23.0. The number of carbonyl (C=O) groups excluding carboxylic acids is 2. The Bertz CT molecular complexity index is 1470. The van der Waals surface area contributed by atoms with Crippen LogP contribution in [0.3, 0.4) is 0 Å². The second-order valence-corrected chi connectivity index (χ2v) is 8.87. The molecule has 0 saturated heterocycles. The van der Waals surface area contributed by atoms with Gasteiger partial charge in [-0.3, -0.25) is 4.79 Å². The summed E-state index contributed by atoms with van der Waals surface area (Å²) in [4.78, 5) is 25.3. The van der Waals surface area contributed by atoms with Crippen LogP contribution in [0.2, 0.25) is 10.0 Å². The number of aryl methyl sites for hydroxylation is 1. The Labute approximate surface area is 218 Å². The van der Waals surface area contributed by atoms with Gasteiger partial charge in [0.1, 0.15) is 11.5 Å². The Morgan fingerprint density at radius 1 is 0.944 bits per heavy atom. The minimum Gasteiger partial charge on any atom is -0.479 e. The highest BCUT2D eigenvalue weighted by Crippen LogP contribution is 2.29. The van der Waals surface area contributed by atoms with E-state index >= 15 is 0 Å². The molecule has 182 valence electrons. The minimum absolute atomic E-state index is 0.293. The molecule has 4 aromatic carbocycles. The quantitative estimate of drug-likeness (QED) is 0.129. The maximum Gasteiger partial charge on any atom is 0.343 e. The molecule has 0 heterocycles. The smallest absolute Gasteiger partial charge is 0.343 e. The molecule has 4 rings (SSSR count). The predicted molar refractivity (Wildman–Crippen MR) is 142 cm³/mol. The Morgan fingerprint density at radius 3 is 2.50 bits per heavy atom. The van der Waals surface area contributed by atoms with Crippen LogP contribution in [0.1, 0.15) is 28.4 Å². The summed E-state index contributed by atoms with van der Waals surface area (Å²) >= 11 is 12.0. The number of nitrogens with one attached hydrogen (secondary N) is 1. The fourth-order valence-electron chi connectivity index (χ4n) is 3.49. The number of amides is 1. The third-order valence-corrected chi connectivity index (χ3v) is 5.85. The van der Waals surface area contributed by atoms with Crippen molar-refractivity contribution in [2.75, 3.05) is 0 Å². The lowest BCUT2D eigenvalue weighted by Gasteiger charge is -2.14. The van der Waals surface area contributed by atoms with Gasteiger partial charge in [0.05, 0.1) is 16.8 Å². The van der Waals surface area contributed by atoms with Crippen LogP contribution in [-0.4, -0.2) is 24.2 Å². The molecule has 36 heavy (non-hydrogen) atoms. The summed E-state index contributed by atoms with van der Waals surface area (Å²) in [5.41, 5.74) is 4.39. The number of benzene rings is 4. The average Bonchev–Trinajstić information content (AvgIpc) is 2.86. The third kappa shape index (κ3) is 6.03. The van der Waals surface area contributed by atoms with E-state index in [0.717, 1.165) is 16.3 Å². The van der Waals surface area contributed by atoms with E-state index in [1.807, 2.05) is 43.3 Å². The highest BCUT2D eigenvalue weighted by molar-refractivity contribution is 6.35. The van der Waals surface area contributed by atoms with Gasteiger partial charge in [0.2, 0.25) is 0 Å². The molecule has 1 atom stereocenters. The van der Waals surface area contributed by atoms with Gasteiger partial charge in [-0.2, -0.15) is 5.10 Å². The summed E-state index contributed by atoms with van der Waals surface area (Å²) in [6.07, 6.45) is 0.563. The molecule has 0 radical (unpaired) electrons. The molecule has 0 fully saturated rings. The van der Waals surface area contributed by atoms with Crippen LogP contribution >= 0.6 is 23.2 Å². The van der Waals surface area contributed by atoms with Crippen LogP contribution in [0.5, 0.6) is 11.5 Å². The van der Waals surface area contributed by atoms with E-state index in [1.165, 1.54) is 12.3 Å². The topological polar surface area (TPSA) is 77.0 Å². The molecule has 0 saturated carbocycles. The summed E-state index contributed by atoms with van der Waals surface area (Å²) in [5, 5.41) is 6.58. The van der Waals surface area contributed by atoms with E-state index in [9.17, 15) is 9.59 Å². The van der Waals surface area contributed by atoms with Crippen LogP contribution < -0.4 is 14.9 Å². The van der Waals surface area contributed by atoms with E-state index in [4.69, 9.17) is 32.7 Å². The fourth-order valence-corrected chi connectivity index (χ4v) is 3.95. The number of esters is 1. The van der Waals surface area contributed by atoms with Gasteiger partial charge in [0.15, 0.2) is 6.10 Å². The molecule has 4 aromatic rings. The van der Waals surface area contributed by atoms with E-state index in [0.29, 0.717) is 32.7 Å². The fraction of sp³-hybridized carbons (Fsp3) is 0.107. The maximum atomic E-state index is 12.8. The summed E-state index contributed by atoms with van der Waals surface area (Å²) in [7, 11) is 0. The first-order valence-electron chi connectivity index (χ1n) is 11.1. The summed E-state index contributed by atoms with van der Waals surface area (Å²) < 4.78 is 11.3. The van der Waals surface area contributed by atoms with E-state index in [1.54, 1.807) is 43.3 Å². The molecule has 0 aliphatic carbocycles. The molecule has 0 aliphatic heterocycles. The number of carbonyl (C=O) groups is 2. The number of nitrogens with zero attached hydrogens (tertiary/aromatic N) is 1. The molecule has 1 amide bonds. The normalized spacial score (nSPS) is 11.9. The number of fused-ring (bicyclic) bond motifs is 1. The predicted octanol–water partition coefficient (Wildman–Crippen LogP) is 6.59. The zero-order valence-corrected chi connectivity index (χ0v) is 21.0. The highest BCUT2D eigenvalue weighted by atomic mass is 35.5. The van der Waals surface area contributed by atoms with Crippen molar-refractivity contribution in [3.8, 4) is 11.5 Å². The van der Waals surface area contributed by atoms with Crippen LogP contribution in [0, 0.1) is 6.92 Å². The van der Waals surface area contributed by atoms with Crippen molar-refractivity contribution in [1.29, 1.82) is 0 Å². The monoisotopic (exact) mass is 520 g/mol. The molecule has 1 N–H and O–H groups in total. The maximum absolute atomic E-state index is 12.8. The number of rotatable bonds is 7. The van der Waals surface area contributed by atoms with Crippen LogP contribution in [0.4, 0.5) is 0 Å². The molecular weight excluding hydrogens is 499 g/mol. The standard InChI is InChI=1S/C28H22Cl2N2O4/c1-17-6-5-8-20(14-17)28(34)36-25-12-10-19-7-3-4-9-22(19)23(25)16-31-32-27(33)18(2)35-26-13-11-21(29)15-24(26)30/h3-16,18H,1-2H3,(H,32,33)/b31-16+. The number of hydrazone groups is 1. The van der Waals surface area contributed by atoms with Gasteiger partial charge in [-0.25, -0.2) is 10.2 Å². The van der Waals surface area contributed by atoms with Gasteiger partial charge in [0, 0.05) is 10.6 Å². The van der Waals surface area contributed by atoms with Crippen molar-refractivity contribution < 1.29 is 19.1 Å². The third-order valence-electron chi connectivity index (χ3n) is 5.32. The van der Waals surface area contributed by atoms with Crippen LogP contribution in [0.15, 0.2) is 84.0 Å². The van der Waals surface area contributed by atoms with Crippen molar-refractivity contribution in [2.45, 2.75) is 20.0 Å². The lowest BCUT2D eigenvalue weighted by Crippen LogP contribution is -2.33. The zero-order chi connectivity index (χ0) is 25.7. The van der Waals surface area contributed by atoms with Gasteiger partial charge in [-0.15, -0.1) is 0 Å². The summed E-state index contributed by atoms with van der Waals surface area (Å²) in [6.45, 7) is 3.47. The molecule has 0 spiro atoms. The van der Waals surface area contributed by atoms with E-state index < -0.39 is 18.0 Å². The molecule has 8 heteroatoms. The molecule has 0 aromatic heterocycles. The van der Waals surface area contributed by atoms with Gasteiger partial charge in [0.25, 0.3) is 5.91 Å². The SMILES string of the molecule is Cc1cccc(C(=O)Oc2ccc3ccccc3c2/C=N/NC(=O)C(C)Oc2ccc(Cl)cc2Cl)c1. The van der Waals surface area contributed by atoms with Crippen LogP contribution in [0.25, 0.3) is 10.8 Å². The summed E-state index contributed by atoms with van der Waals surface area (Å²) in [5.74, 6) is -0.340. The number of hydrogen-bond acceptors (Lipinski definition) is 5. The number of halogens is 2. The lowest BCUT2D eigenvalue weighted by molar-refractivity contribution is -0.127. The molecular formula is C28H22Cl2N2O4. The van der Waals surface area contributed by atoms with E-state index in [2.05, 4.69) is 10.5 Å². The second kappa shape index (κ2) is 11.2.